The predicted molar refractivity (Wildman–Crippen MR) is 71.3 cm³/mol. The van der Waals surface area contributed by atoms with E-state index in [1.165, 1.54) is 45.3 Å². The van der Waals surface area contributed by atoms with Crippen LogP contribution in [0.3, 0.4) is 0 Å². The summed E-state index contributed by atoms with van der Waals surface area (Å²) in [6.45, 7) is 10.4. The van der Waals surface area contributed by atoms with Gasteiger partial charge in [0.15, 0.2) is 0 Å². The molecule has 0 bridgehead atoms. The second-order valence-corrected chi connectivity index (χ2v) is 5.48. The van der Waals surface area contributed by atoms with Gasteiger partial charge in [-0.3, -0.25) is 0 Å². The van der Waals surface area contributed by atoms with E-state index in [1.54, 1.807) is 0 Å². The van der Waals surface area contributed by atoms with Crippen LogP contribution in [0.25, 0.3) is 0 Å². The Labute approximate surface area is 106 Å². The number of hydrogen-bond acceptors (Lipinski definition) is 3. The molecule has 100 valence electrons. The Hall–Kier alpha value is -0.120. The quantitative estimate of drug-likeness (QED) is 0.794. The van der Waals surface area contributed by atoms with E-state index < -0.39 is 0 Å². The van der Waals surface area contributed by atoms with E-state index in [0.717, 1.165) is 25.1 Å². The fourth-order valence-corrected chi connectivity index (χ4v) is 3.15. The first kappa shape index (κ1) is 13.3. The van der Waals surface area contributed by atoms with Gasteiger partial charge in [0.05, 0.1) is 6.10 Å². The van der Waals surface area contributed by atoms with Gasteiger partial charge in [-0.25, -0.2) is 0 Å². The Bertz CT molecular complexity index is 214. The van der Waals surface area contributed by atoms with Gasteiger partial charge >= 0.3 is 0 Å². The molecule has 3 heteroatoms. The molecule has 0 aromatic heterocycles. The lowest BCUT2D eigenvalue weighted by Gasteiger charge is -2.32. The molecule has 2 saturated heterocycles. The smallest absolute Gasteiger partial charge is 0.0613 e. The topological polar surface area (TPSA) is 24.5 Å². The van der Waals surface area contributed by atoms with E-state index in [0.29, 0.717) is 6.10 Å². The molecule has 17 heavy (non-hydrogen) atoms. The number of piperidine rings is 1. The Kier molecular flexibility index (Phi) is 5.26. The summed E-state index contributed by atoms with van der Waals surface area (Å²) >= 11 is 0. The summed E-state index contributed by atoms with van der Waals surface area (Å²) in [6.07, 6.45) is 5.56. The maximum Gasteiger partial charge on any atom is 0.0613 e. The fourth-order valence-electron chi connectivity index (χ4n) is 3.15. The predicted octanol–water partition coefficient (Wildman–Crippen LogP) is 1.88. The van der Waals surface area contributed by atoms with Crippen molar-refractivity contribution in [2.75, 3.05) is 32.8 Å². The summed E-state index contributed by atoms with van der Waals surface area (Å²) in [7, 11) is 0. The minimum Gasteiger partial charge on any atom is -0.378 e. The molecule has 2 aliphatic rings. The van der Waals surface area contributed by atoms with Crippen LogP contribution in [-0.2, 0) is 4.74 Å². The van der Waals surface area contributed by atoms with Crippen LogP contribution in [0.5, 0.6) is 0 Å². The highest BCUT2D eigenvalue weighted by molar-refractivity contribution is 4.81. The molecule has 2 unspecified atom stereocenters. The molecule has 3 nitrogen and oxygen atoms in total. The Balaban J connectivity index is 1.65. The summed E-state index contributed by atoms with van der Waals surface area (Å²) in [5, 5.41) is 3.77. The van der Waals surface area contributed by atoms with Gasteiger partial charge in [0.2, 0.25) is 0 Å². The highest BCUT2D eigenvalue weighted by atomic mass is 16.5. The number of ether oxygens (including phenoxy) is 1. The molecular formula is C14H28N2O. The average molecular weight is 240 g/mol. The van der Waals surface area contributed by atoms with E-state index in [9.17, 15) is 0 Å². The molecule has 0 spiro atoms. The maximum absolute atomic E-state index is 5.74. The van der Waals surface area contributed by atoms with Crippen molar-refractivity contribution in [2.24, 2.45) is 5.92 Å². The third-order valence-corrected chi connectivity index (χ3v) is 4.45. The summed E-state index contributed by atoms with van der Waals surface area (Å²) in [4.78, 5) is 2.55. The Morgan fingerprint density at radius 1 is 1.18 bits per heavy atom. The van der Waals surface area contributed by atoms with Crippen molar-refractivity contribution in [2.45, 2.75) is 51.7 Å². The monoisotopic (exact) mass is 240 g/mol. The van der Waals surface area contributed by atoms with Crippen molar-refractivity contribution < 1.29 is 4.74 Å². The molecule has 2 rings (SSSR count). The van der Waals surface area contributed by atoms with Gasteiger partial charge < -0.3 is 15.0 Å². The van der Waals surface area contributed by atoms with Crippen molar-refractivity contribution in [3.63, 3.8) is 0 Å². The van der Waals surface area contributed by atoms with Crippen LogP contribution in [0.2, 0.25) is 0 Å². The van der Waals surface area contributed by atoms with Crippen molar-refractivity contribution >= 4 is 0 Å². The Morgan fingerprint density at radius 2 is 1.94 bits per heavy atom. The fraction of sp³-hybridized carbons (Fsp3) is 1.00. The first-order valence-electron chi connectivity index (χ1n) is 7.40. The maximum atomic E-state index is 5.74. The number of nitrogens with one attached hydrogen (secondary N) is 1. The molecule has 0 amide bonds. The van der Waals surface area contributed by atoms with Crippen molar-refractivity contribution in [3.05, 3.63) is 0 Å². The Morgan fingerprint density at radius 3 is 2.59 bits per heavy atom. The zero-order valence-corrected chi connectivity index (χ0v) is 11.5. The average Bonchev–Trinajstić information content (AvgIpc) is 2.84. The molecule has 2 atom stereocenters. The van der Waals surface area contributed by atoms with Gasteiger partial charge in [-0.05, 0) is 51.2 Å². The van der Waals surface area contributed by atoms with Crippen LogP contribution < -0.4 is 5.32 Å². The van der Waals surface area contributed by atoms with E-state index in [2.05, 4.69) is 24.1 Å². The van der Waals surface area contributed by atoms with Crippen LogP contribution in [0, 0.1) is 5.92 Å². The van der Waals surface area contributed by atoms with Crippen LogP contribution in [0.1, 0.15) is 39.5 Å². The standard InChI is InChI=1S/C14H28N2O/c1-3-14-12(7-10-17-14)11-15-13-5-8-16(4-2)9-6-13/h12-15H,3-11H2,1-2H3. The van der Waals surface area contributed by atoms with Crippen molar-refractivity contribution in [1.82, 2.24) is 10.2 Å². The second-order valence-electron chi connectivity index (χ2n) is 5.48. The second kappa shape index (κ2) is 6.72. The molecule has 1 N–H and O–H groups in total. The van der Waals surface area contributed by atoms with Gasteiger partial charge in [0, 0.05) is 19.2 Å². The van der Waals surface area contributed by atoms with Gasteiger partial charge in [-0.1, -0.05) is 13.8 Å². The van der Waals surface area contributed by atoms with Gasteiger partial charge in [-0.15, -0.1) is 0 Å². The molecule has 0 aromatic rings. The first-order chi connectivity index (χ1) is 8.33. The van der Waals surface area contributed by atoms with Crippen molar-refractivity contribution in [1.29, 1.82) is 0 Å². The molecule has 2 aliphatic heterocycles. The van der Waals surface area contributed by atoms with Crippen LogP contribution in [0.15, 0.2) is 0 Å². The SMILES string of the molecule is CCC1OCCC1CNC1CCN(CC)CC1. The normalized spacial score (nSPS) is 32.1. The van der Waals surface area contributed by atoms with E-state index in [-0.39, 0.29) is 0 Å². The lowest BCUT2D eigenvalue weighted by molar-refractivity contribution is 0.0855. The molecule has 0 radical (unpaired) electrons. The minimum absolute atomic E-state index is 0.512. The molecule has 0 aliphatic carbocycles. The number of likely N-dealkylation sites (tertiary alicyclic amines) is 1. The third kappa shape index (κ3) is 3.67. The zero-order valence-electron chi connectivity index (χ0n) is 11.5. The molecular weight excluding hydrogens is 212 g/mol. The largest absolute Gasteiger partial charge is 0.378 e. The van der Waals surface area contributed by atoms with Crippen LogP contribution in [-0.4, -0.2) is 49.8 Å². The number of nitrogens with zero attached hydrogens (tertiary/aromatic N) is 1. The van der Waals surface area contributed by atoms with Gasteiger partial charge in [0.25, 0.3) is 0 Å². The van der Waals surface area contributed by atoms with Gasteiger partial charge in [-0.2, -0.15) is 0 Å². The molecule has 2 fully saturated rings. The lowest BCUT2D eigenvalue weighted by atomic mass is 9.98. The number of hydrogen-bond donors (Lipinski definition) is 1. The third-order valence-electron chi connectivity index (χ3n) is 4.45. The summed E-state index contributed by atoms with van der Waals surface area (Å²) in [5.74, 6) is 0.754. The van der Waals surface area contributed by atoms with Crippen LogP contribution >= 0.6 is 0 Å². The number of rotatable bonds is 5. The van der Waals surface area contributed by atoms with E-state index in [1.807, 2.05) is 0 Å². The highest BCUT2D eigenvalue weighted by Gasteiger charge is 2.27. The summed E-state index contributed by atoms with van der Waals surface area (Å²) < 4.78 is 5.74. The van der Waals surface area contributed by atoms with Crippen LogP contribution in [0.4, 0.5) is 0 Å². The first-order valence-corrected chi connectivity index (χ1v) is 7.40. The van der Waals surface area contributed by atoms with E-state index >= 15 is 0 Å². The molecule has 0 aromatic carbocycles. The lowest BCUT2D eigenvalue weighted by Crippen LogP contribution is -2.44. The van der Waals surface area contributed by atoms with Crippen molar-refractivity contribution in [3.8, 4) is 0 Å². The molecule has 0 saturated carbocycles. The summed E-state index contributed by atoms with van der Waals surface area (Å²) in [5.41, 5.74) is 0. The summed E-state index contributed by atoms with van der Waals surface area (Å²) in [6, 6.07) is 0.746. The van der Waals surface area contributed by atoms with E-state index in [4.69, 9.17) is 4.74 Å². The van der Waals surface area contributed by atoms with Gasteiger partial charge in [0.1, 0.15) is 0 Å². The zero-order chi connectivity index (χ0) is 12.1. The molecule has 2 heterocycles. The highest BCUT2D eigenvalue weighted by Crippen LogP contribution is 2.23. The minimum atomic E-state index is 0.512.